The summed E-state index contributed by atoms with van der Waals surface area (Å²) in [6.07, 6.45) is 6.65. The Hall–Kier alpha value is -8.00. The zero-order chi connectivity index (χ0) is 46.2. The second-order valence-corrected chi connectivity index (χ2v) is 19.6. The summed E-state index contributed by atoms with van der Waals surface area (Å²) in [4.78, 5) is 2.37. The lowest BCUT2D eigenvalue weighted by Crippen LogP contribution is -2.44. The van der Waals surface area contributed by atoms with E-state index in [1.54, 1.807) is 0 Å². The molecule has 1 heteroatoms. The third kappa shape index (κ3) is 5.95. The highest BCUT2D eigenvalue weighted by atomic mass is 15.1. The standard InChI is InChI=1S/C67H53N/c1-6-19-57-53(7-2)56-44-48(47-32-39-51(40-33-47)68(52-41-35-49(36-42-52)65(3,4)5)50-37-30-46(31-38-50)45-20-9-8-10-21-45)34-43-60(56)66(57)61-26-15-17-28-63(61)67(64-29-18-16-27-62(64)66)58-24-13-11-22-54(58)55-23-12-14-25-59(55)67/h6-44H,2H2,1,3-5H3. The van der Waals surface area contributed by atoms with Crippen molar-refractivity contribution in [1.82, 2.24) is 0 Å². The lowest BCUT2D eigenvalue weighted by atomic mass is 9.52. The van der Waals surface area contributed by atoms with Crippen molar-refractivity contribution in [2.24, 2.45) is 0 Å². The van der Waals surface area contributed by atoms with Crippen LogP contribution in [0, 0.1) is 0 Å². The molecular weight excluding hydrogens is 819 g/mol. The van der Waals surface area contributed by atoms with Crippen LogP contribution in [0.4, 0.5) is 17.1 Å². The smallest absolute Gasteiger partial charge is 0.0720 e. The minimum atomic E-state index is -0.572. The van der Waals surface area contributed by atoms with Gasteiger partial charge in [0.2, 0.25) is 0 Å². The molecule has 0 saturated heterocycles. The zero-order valence-electron chi connectivity index (χ0n) is 39.2. The summed E-state index contributed by atoms with van der Waals surface area (Å²) in [7, 11) is 0. The molecule has 0 amide bonds. The molecular formula is C67H53N. The molecule has 0 radical (unpaired) electrons. The van der Waals surface area contributed by atoms with Gasteiger partial charge < -0.3 is 4.90 Å². The van der Waals surface area contributed by atoms with Crippen LogP contribution in [0.2, 0.25) is 0 Å². The Morgan fingerprint density at radius 3 is 1.28 bits per heavy atom. The summed E-state index contributed by atoms with van der Waals surface area (Å²) < 4.78 is 0. The van der Waals surface area contributed by atoms with Crippen LogP contribution in [-0.2, 0) is 16.2 Å². The number of hydrogen-bond acceptors (Lipinski definition) is 1. The third-order valence-corrected chi connectivity index (χ3v) is 15.1. The van der Waals surface area contributed by atoms with Gasteiger partial charge in [0.25, 0.3) is 0 Å². The van der Waals surface area contributed by atoms with Crippen molar-refractivity contribution in [3.8, 4) is 33.4 Å². The van der Waals surface area contributed by atoms with Gasteiger partial charge in [-0.2, -0.15) is 0 Å². The number of anilines is 3. The second-order valence-electron chi connectivity index (χ2n) is 19.6. The molecule has 3 aliphatic rings. The van der Waals surface area contributed by atoms with Crippen LogP contribution in [0.1, 0.15) is 77.8 Å². The molecule has 0 atom stereocenters. The minimum Gasteiger partial charge on any atom is -0.311 e. The van der Waals surface area contributed by atoms with Crippen molar-refractivity contribution in [2.45, 2.75) is 43.9 Å². The minimum absolute atomic E-state index is 0.0619. The Balaban J connectivity index is 1.00. The van der Waals surface area contributed by atoms with Gasteiger partial charge >= 0.3 is 0 Å². The van der Waals surface area contributed by atoms with Crippen molar-refractivity contribution in [2.75, 3.05) is 4.90 Å². The Kier molecular flexibility index (Phi) is 9.64. The van der Waals surface area contributed by atoms with Crippen LogP contribution < -0.4 is 4.90 Å². The molecule has 3 aliphatic carbocycles. The average molecular weight is 872 g/mol. The summed E-state index contributed by atoms with van der Waals surface area (Å²) in [6.45, 7) is 13.5. The molecule has 9 aromatic carbocycles. The number of benzene rings is 9. The predicted octanol–water partition coefficient (Wildman–Crippen LogP) is 17.3. The van der Waals surface area contributed by atoms with Gasteiger partial charge in [-0.1, -0.05) is 222 Å². The topological polar surface area (TPSA) is 3.24 Å². The lowest BCUT2D eigenvalue weighted by Gasteiger charge is -2.49. The first kappa shape index (κ1) is 41.4. The molecule has 12 rings (SSSR count). The van der Waals surface area contributed by atoms with Crippen molar-refractivity contribution < 1.29 is 0 Å². The van der Waals surface area contributed by atoms with Crippen LogP contribution in [0.15, 0.2) is 249 Å². The van der Waals surface area contributed by atoms with Gasteiger partial charge in [-0.05, 0) is 149 Å². The molecule has 0 N–H and O–H groups in total. The Morgan fingerprint density at radius 2 is 0.794 bits per heavy atom. The number of fused-ring (bicyclic) bond motifs is 13. The first-order valence-electron chi connectivity index (χ1n) is 24.0. The summed E-state index contributed by atoms with van der Waals surface area (Å²) in [5, 5.41) is 0. The molecule has 0 saturated carbocycles. The molecule has 0 bridgehead atoms. The fourth-order valence-corrected chi connectivity index (χ4v) is 12.1. The van der Waals surface area contributed by atoms with Crippen LogP contribution >= 0.6 is 0 Å². The molecule has 0 fully saturated rings. The molecule has 1 nitrogen and oxygen atoms in total. The fourth-order valence-electron chi connectivity index (χ4n) is 12.1. The summed E-state index contributed by atoms with van der Waals surface area (Å²) in [5.74, 6) is 0. The van der Waals surface area contributed by atoms with E-state index in [4.69, 9.17) is 0 Å². The van der Waals surface area contributed by atoms with E-state index in [1.165, 1.54) is 94.6 Å². The van der Waals surface area contributed by atoms with Gasteiger partial charge in [-0.15, -0.1) is 0 Å². The van der Waals surface area contributed by atoms with E-state index in [1.807, 2.05) is 0 Å². The van der Waals surface area contributed by atoms with E-state index in [0.29, 0.717) is 0 Å². The normalized spacial score (nSPS) is 14.6. The molecule has 0 aliphatic heterocycles. The van der Waals surface area contributed by atoms with E-state index in [0.717, 1.165) is 17.1 Å². The van der Waals surface area contributed by atoms with E-state index in [9.17, 15) is 0 Å². The van der Waals surface area contributed by atoms with Crippen LogP contribution in [-0.4, -0.2) is 0 Å². The van der Waals surface area contributed by atoms with Crippen LogP contribution in [0.5, 0.6) is 0 Å². The second kappa shape index (κ2) is 15.8. The van der Waals surface area contributed by atoms with Crippen LogP contribution in [0.3, 0.4) is 0 Å². The summed E-state index contributed by atoms with van der Waals surface area (Å²) >= 11 is 0. The van der Waals surface area contributed by atoms with E-state index in [2.05, 4.69) is 276 Å². The number of allylic oxidation sites excluding steroid dienone is 5. The van der Waals surface area contributed by atoms with Gasteiger partial charge in [0.1, 0.15) is 0 Å². The maximum atomic E-state index is 4.53. The van der Waals surface area contributed by atoms with Gasteiger partial charge in [0.05, 0.1) is 10.8 Å². The SMILES string of the molecule is C=CC1=C(C=CC)C2(c3ccc(-c4ccc(N(c5ccc(-c6ccccc6)cc5)c5ccc(C(C)(C)C)cc5)cc4)cc31)c1ccccc1C1(c3ccccc3-c3ccccc31)c1ccccc12. The largest absolute Gasteiger partial charge is 0.311 e. The molecule has 0 heterocycles. The highest BCUT2D eigenvalue weighted by Gasteiger charge is 2.59. The Labute approximate surface area is 401 Å². The number of nitrogens with zero attached hydrogens (tertiary/aromatic N) is 1. The third-order valence-electron chi connectivity index (χ3n) is 15.1. The Morgan fingerprint density at radius 1 is 0.397 bits per heavy atom. The molecule has 326 valence electrons. The molecule has 2 spiro atoms. The monoisotopic (exact) mass is 871 g/mol. The fraction of sp³-hybridized carbons (Fsp3) is 0.104. The number of rotatable bonds is 7. The lowest BCUT2D eigenvalue weighted by molar-refractivity contribution is 0.590. The van der Waals surface area contributed by atoms with Crippen LogP contribution in [0.25, 0.3) is 39.0 Å². The van der Waals surface area contributed by atoms with Gasteiger partial charge in [-0.3, -0.25) is 0 Å². The molecule has 68 heavy (non-hydrogen) atoms. The average Bonchev–Trinajstić information content (AvgIpc) is 3.83. The van der Waals surface area contributed by atoms with Gasteiger partial charge in [0, 0.05) is 17.1 Å². The van der Waals surface area contributed by atoms with Gasteiger partial charge in [0.15, 0.2) is 0 Å². The quantitative estimate of drug-likeness (QED) is 0.154. The first-order chi connectivity index (χ1) is 33.3. The maximum absolute atomic E-state index is 4.53. The van der Waals surface area contributed by atoms with E-state index >= 15 is 0 Å². The highest BCUT2D eigenvalue weighted by molar-refractivity contribution is 5.97. The molecule has 0 aromatic heterocycles. The van der Waals surface area contributed by atoms with Crippen molar-refractivity contribution in [3.05, 3.63) is 299 Å². The Bertz CT molecular complexity index is 3390. The van der Waals surface area contributed by atoms with E-state index in [-0.39, 0.29) is 5.41 Å². The molecule has 0 unspecified atom stereocenters. The van der Waals surface area contributed by atoms with Gasteiger partial charge in [-0.25, -0.2) is 0 Å². The maximum Gasteiger partial charge on any atom is 0.0720 e. The van der Waals surface area contributed by atoms with Crippen molar-refractivity contribution >= 4 is 22.6 Å². The zero-order valence-corrected chi connectivity index (χ0v) is 39.2. The number of hydrogen-bond donors (Lipinski definition) is 0. The first-order valence-corrected chi connectivity index (χ1v) is 24.0. The highest BCUT2D eigenvalue weighted by Crippen LogP contribution is 2.67. The summed E-state index contributed by atoms with van der Waals surface area (Å²) in [6, 6.07) is 81.6. The summed E-state index contributed by atoms with van der Waals surface area (Å²) in [5.41, 5.74) is 24.0. The van der Waals surface area contributed by atoms with E-state index < -0.39 is 10.8 Å². The van der Waals surface area contributed by atoms with Crippen molar-refractivity contribution in [3.63, 3.8) is 0 Å². The predicted molar refractivity (Wildman–Crippen MR) is 286 cm³/mol. The van der Waals surface area contributed by atoms with Crippen molar-refractivity contribution in [1.29, 1.82) is 0 Å². The molecule has 9 aromatic rings.